The summed E-state index contributed by atoms with van der Waals surface area (Å²) in [4.78, 5) is 53.8. The number of rotatable bonds is 12. The minimum absolute atomic E-state index is 0.0117. The van der Waals surface area contributed by atoms with Crippen LogP contribution >= 0.6 is 0 Å². The van der Waals surface area contributed by atoms with Crippen molar-refractivity contribution in [3.63, 3.8) is 0 Å². The number of likely N-dealkylation sites (N-methyl/N-ethyl adjacent to an activating group) is 1. The molecule has 0 radical (unpaired) electrons. The van der Waals surface area contributed by atoms with Gasteiger partial charge < -0.3 is 63.6 Å². The Hall–Kier alpha value is -2.32. The average molecular weight is 848 g/mol. The molecule has 3 rings (SSSR count). The van der Waals surface area contributed by atoms with Gasteiger partial charge in [0.1, 0.15) is 29.2 Å². The Morgan fingerprint density at radius 3 is 2.08 bits per heavy atom. The predicted octanol–water partition coefficient (Wildman–Crippen LogP) is 2.59. The molecule has 0 aromatic carbocycles. The highest BCUT2D eigenvalue weighted by Gasteiger charge is 2.54. The van der Waals surface area contributed by atoms with E-state index in [9.17, 15) is 39.6 Å². The van der Waals surface area contributed by atoms with Crippen LogP contribution in [0, 0.1) is 23.7 Å². The van der Waals surface area contributed by atoms with Crippen molar-refractivity contribution < 1.29 is 77.9 Å². The van der Waals surface area contributed by atoms with Gasteiger partial charge in [-0.1, -0.05) is 27.7 Å². The fourth-order valence-electron chi connectivity index (χ4n) is 9.20. The molecule has 18 atom stereocenters. The van der Waals surface area contributed by atoms with E-state index in [4.69, 9.17) is 38.3 Å². The number of esters is 2. The third-order valence-corrected chi connectivity index (χ3v) is 12.8. The summed E-state index contributed by atoms with van der Waals surface area (Å²) >= 11 is 0. The molecule has 342 valence electrons. The number of carboxylic acids is 1. The molecule has 0 spiro atoms. The van der Waals surface area contributed by atoms with Gasteiger partial charge in [-0.15, -0.1) is 0 Å². The van der Waals surface area contributed by atoms with Gasteiger partial charge in [-0.05, 0) is 81.3 Å². The Morgan fingerprint density at radius 1 is 0.898 bits per heavy atom. The summed E-state index contributed by atoms with van der Waals surface area (Å²) in [6.45, 7) is 16.1. The SMILES string of the molecule is CC[C@@H]1OC(=O)[C@H](C)[C@H](O[C@@H]2C[C@](C)(OC)[C@H](OC(=O)CCCC(=O)O)[C@H](C)O2)[C@H](C)[C@H](O[C@@H]2O[C@H](C)C[C@H](N(C)C)[C@@H]2O)[C@](C)(O)C[C@H](C)C(=O)[C@H](C)[C@H](O)[C@]1(C)O. The number of carbonyl (C=O) groups is 4. The Kier molecular flexibility index (Phi) is 17.9. The molecule has 59 heavy (non-hydrogen) atoms. The molecule has 0 saturated carbocycles. The zero-order valence-electron chi connectivity index (χ0n) is 37.3. The van der Waals surface area contributed by atoms with Gasteiger partial charge in [-0.2, -0.15) is 0 Å². The minimum atomic E-state index is -2.05. The van der Waals surface area contributed by atoms with Crippen molar-refractivity contribution in [2.24, 2.45) is 23.7 Å². The summed E-state index contributed by atoms with van der Waals surface area (Å²) in [6, 6.07) is -0.367. The quantitative estimate of drug-likeness (QED) is 0.178. The molecular formula is C42H73NO16. The number of aliphatic hydroxyl groups is 4. The molecule has 5 N–H and O–H groups in total. The molecule has 0 amide bonds. The highest BCUT2D eigenvalue weighted by Crippen LogP contribution is 2.41. The van der Waals surface area contributed by atoms with Crippen LogP contribution < -0.4 is 0 Å². The van der Waals surface area contributed by atoms with E-state index in [0.717, 1.165) is 0 Å². The van der Waals surface area contributed by atoms with Crippen LogP contribution in [0.5, 0.6) is 0 Å². The molecule has 17 heteroatoms. The van der Waals surface area contributed by atoms with Crippen LogP contribution in [0.25, 0.3) is 0 Å². The number of ether oxygens (including phenoxy) is 7. The van der Waals surface area contributed by atoms with Crippen LogP contribution in [0.1, 0.15) is 114 Å². The minimum Gasteiger partial charge on any atom is -0.481 e. The van der Waals surface area contributed by atoms with Crippen molar-refractivity contribution in [2.45, 2.75) is 198 Å². The van der Waals surface area contributed by atoms with Gasteiger partial charge in [0, 0.05) is 50.2 Å². The Morgan fingerprint density at radius 2 is 1.53 bits per heavy atom. The summed E-state index contributed by atoms with van der Waals surface area (Å²) in [5, 5.41) is 56.1. The maximum atomic E-state index is 14.3. The van der Waals surface area contributed by atoms with E-state index in [0.29, 0.717) is 6.42 Å². The maximum Gasteiger partial charge on any atom is 0.311 e. The fraction of sp³-hybridized carbons (Fsp3) is 0.905. The van der Waals surface area contributed by atoms with Gasteiger partial charge in [0.15, 0.2) is 18.7 Å². The van der Waals surface area contributed by atoms with Gasteiger partial charge in [0.05, 0.1) is 42.0 Å². The van der Waals surface area contributed by atoms with Crippen molar-refractivity contribution in [1.29, 1.82) is 0 Å². The monoisotopic (exact) mass is 847 g/mol. The lowest BCUT2D eigenvalue weighted by atomic mass is 9.74. The highest BCUT2D eigenvalue weighted by atomic mass is 16.7. The molecule has 3 fully saturated rings. The van der Waals surface area contributed by atoms with E-state index in [1.54, 1.807) is 41.5 Å². The van der Waals surface area contributed by atoms with Gasteiger partial charge in [-0.3, -0.25) is 19.2 Å². The Balaban J connectivity index is 2.13. The normalized spacial score (nSPS) is 44.4. The molecule has 3 aliphatic heterocycles. The van der Waals surface area contributed by atoms with Crippen molar-refractivity contribution in [3.8, 4) is 0 Å². The standard InChI is InChI=1S/C42H73NO16/c1-14-28-42(10,52)35(49)23(4)32(47)21(2)19-40(8,51)36(59-39-33(48)27(43(11)12)18-22(3)54-39)24(5)34(25(6)38(50)56-28)58-31-20-41(9,53-13)37(26(7)55-31)57-30(46)17-15-16-29(44)45/h21-28,31,33-37,39,48-49,51-52H,14-20H2,1-13H3,(H,44,45)/t21-,22+,23-,24-,25+,26-,27-,28-,31+,33-,34+,35-,36-,37+,39-,40+,41-,42+/m0/s1. The van der Waals surface area contributed by atoms with Crippen molar-refractivity contribution in [2.75, 3.05) is 21.2 Å². The number of hydrogen-bond donors (Lipinski definition) is 5. The van der Waals surface area contributed by atoms with E-state index in [1.165, 1.54) is 27.9 Å². The van der Waals surface area contributed by atoms with Crippen LogP contribution in [-0.2, 0) is 52.3 Å². The van der Waals surface area contributed by atoms with E-state index < -0.39 is 119 Å². The second-order valence-corrected chi connectivity index (χ2v) is 18.2. The Bertz CT molecular complexity index is 1420. The van der Waals surface area contributed by atoms with Gasteiger partial charge in [0.2, 0.25) is 0 Å². The molecule has 0 aromatic heterocycles. The number of carbonyl (C=O) groups excluding carboxylic acids is 3. The smallest absolute Gasteiger partial charge is 0.311 e. The summed E-state index contributed by atoms with van der Waals surface area (Å²) in [7, 11) is 5.10. The topological polar surface area (TPSA) is 237 Å². The number of aliphatic hydroxyl groups excluding tert-OH is 2. The first-order valence-corrected chi connectivity index (χ1v) is 21.0. The molecule has 3 heterocycles. The second-order valence-electron chi connectivity index (χ2n) is 18.2. The molecule has 0 aliphatic carbocycles. The summed E-state index contributed by atoms with van der Waals surface area (Å²) in [5.41, 5.74) is -5.09. The van der Waals surface area contributed by atoms with E-state index in [-0.39, 0.29) is 50.7 Å². The third kappa shape index (κ3) is 12.2. The number of hydrogen-bond acceptors (Lipinski definition) is 16. The summed E-state index contributed by atoms with van der Waals surface area (Å²) in [5.74, 6) is -6.97. The largest absolute Gasteiger partial charge is 0.481 e. The van der Waals surface area contributed by atoms with Gasteiger partial charge >= 0.3 is 17.9 Å². The number of methoxy groups -OCH3 is 1. The molecule has 0 bridgehead atoms. The highest BCUT2D eigenvalue weighted by molar-refractivity contribution is 5.83. The molecule has 0 aromatic rings. The third-order valence-electron chi connectivity index (χ3n) is 12.8. The number of ketones is 1. The zero-order chi connectivity index (χ0) is 44.9. The zero-order valence-corrected chi connectivity index (χ0v) is 37.3. The van der Waals surface area contributed by atoms with E-state index >= 15 is 0 Å². The summed E-state index contributed by atoms with van der Waals surface area (Å²) < 4.78 is 43.5. The number of nitrogens with zero attached hydrogens (tertiary/aromatic N) is 1. The van der Waals surface area contributed by atoms with Crippen LogP contribution in [0.4, 0.5) is 0 Å². The molecular weight excluding hydrogens is 774 g/mol. The van der Waals surface area contributed by atoms with Gasteiger partial charge in [0.25, 0.3) is 0 Å². The molecule has 17 nitrogen and oxygen atoms in total. The van der Waals surface area contributed by atoms with E-state index in [1.807, 2.05) is 25.9 Å². The number of aliphatic carboxylic acids is 1. The number of cyclic esters (lactones) is 1. The lowest BCUT2D eigenvalue weighted by Gasteiger charge is -2.49. The second kappa shape index (κ2) is 20.7. The Labute approximate surface area is 349 Å². The first-order valence-electron chi connectivity index (χ1n) is 21.0. The summed E-state index contributed by atoms with van der Waals surface area (Å²) in [6.07, 6.45) is -10.8. The lowest BCUT2D eigenvalue weighted by Crippen LogP contribution is -2.61. The first-order chi connectivity index (χ1) is 27.2. The van der Waals surface area contributed by atoms with Crippen molar-refractivity contribution >= 4 is 23.7 Å². The molecule has 0 unspecified atom stereocenters. The van der Waals surface area contributed by atoms with Crippen LogP contribution in [-0.4, -0.2) is 160 Å². The number of carboxylic acid groups (broad SMARTS) is 1. The fourth-order valence-corrected chi connectivity index (χ4v) is 9.20. The predicted molar refractivity (Wildman–Crippen MR) is 212 cm³/mol. The van der Waals surface area contributed by atoms with Crippen LogP contribution in [0.15, 0.2) is 0 Å². The van der Waals surface area contributed by atoms with Crippen LogP contribution in [0.2, 0.25) is 0 Å². The molecule has 3 saturated heterocycles. The van der Waals surface area contributed by atoms with E-state index in [2.05, 4.69) is 0 Å². The maximum absolute atomic E-state index is 14.3. The lowest BCUT2D eigenvalue weighted by molar-refractivity contribution is -0.318. The molecule has 3 aliphatic rings. The van der Waals surface area contributed by atoms with Crippen molar-refractivity contribution in [1.82, 2.24) is 4.90 Å². The van der Waals surface area contributed by atoms with Crippen molar-refractivity contribution in [3.05, 3.63) is 0 Å². The van der Waals surface area contributed by atoms with Gasteiger partial charge in [-0.25, -0.2) is 0 Å². The first kappa shape index (κ1) is 51.0. The average Bonchev–Trinajstić information content (AvgIpc) is 3.14. The number of Topliss-reactive ketones (excluding diaryl/α,β-unsaturated/α-hetero) is 1. The van der Waals surface area contributed by atoms with Crippen LogP contribution in [0.3, 0.4) is 0 Å².